The van der Waals surface area contributed by atoms with E-state index in [1.807, 2.05) is 0 Å². The quantitative estimate of drug-likeness (QED) is 0.125. The van der Waals surface area contributed by atoms with Crippen molar-refractivity contribution in [2.45, 2.75) is 18.7 Å². The van der Waals surface area contributed by atoms with Gasteiger partial charge in [-0.25, -0.2) is 8.42 Å². The maximum absolute atomic E-state index is 11.5. The van der Waals surface area contributed by atoms with E-state index in [0.29, 0.717) is 25.0 Å². The third kappa shape index (κ3) is 8.17. The number of nitrogens with zero attached hydrogens (tertiary/aromatic N) is 2. The summed E-state index contributed by atoms with van der Waals surface area (Å²) in [6.45, 7) is 5.85. The molecule has 0 aromatic heterocycles. The maximum atomic E-state index is 11.5. The zero-order valence-electron chi connectivity index (χ0n) is 15.3. The third-order valence-corrected chi connectivity index (χ3v) is 4.34. The largest absolute Gasteiger partial charge is 0.378 e. The van der Waals surface area contributed by atoms with Crippen LogP contribution in [0.15, 0.2) is 28.1 Å². The molecule has 0 saturated carbocycles. The van der Waals surface area contributed by atoms with Crippen LogP contribution in [0.4, 0.5) is 11.4 Å². The molecule has 0 aliphatic carbocycles. The molecule has 1 rings (SSSR count). The van der Waals surface area contributed by atoms with Crippen molar-refractivity contribution in [3.05, 3.63) is 28.3 Å². The molecule has 0 fully saturated rings. The van der Waals surface area contributed by atoms with Crippen molar-refractivity contribution in [3.63, 3.8) is 0 Å². The summed E-state index contributed by atoms with van der Waals surface area (Å²) in [4.78, 5) is 14.6. The van der Waals surface area contributed by atoms with Crippen molar-refractivity contribution in [2.24, 2.45) is 10.9 Å². The molecule has 0 spiro atoms. The second-order valence-electron chi connectivity index (χ2n) is 5.91. The molecule has 0 aliphatic heterocycles. The Kier molecular flexibility index (Phi) is 10.5. The smallest absolute Gasteiger partial charge is 0.293 e. The molecule has 0 aliphatic rings. The van der Waals surface area contributed by atoms with Crippen molar-refractivity contribution in [1.29, 1.82) is 0 Å². The topological polar surface area (TPSA) is 126 Å². The number of anilines is 1. The molecule has 0 heterocycles. The first kappa shape index (κ1) is 24.4. The zero-order chi connectivity index (χ0) is 19.0. The molecule has 0 bridgehead atoms. The Morgan fingerprint density at radius 1 is 1.27 bits per heavy atom. The average Bonchev–Trinajstić information content (AvgIpc) is 2.52. The summed E-state index contributed by atoms with van der Waals surface area (Å²) in [5.74, 6) is 1.13. The predicted molar refractivity (Wildman–Crippen MR) is 114 cm³/mol. The normalized spacial score (nSPS) is 11.7. The minimum atomic E-state index is -3.50. The van der Waals surface area contributed by atoms with Gasteiger partial charge >= 0.3 is 0 Å². The fourth-order valence-electron chi connectivity index (χ4n) is 1.94. The number of benzene rings is 1. The van der Waals surface area contributed by atoms with E-state index in [1.165, 1.54) is 12.1 Å². The molecular formula is C15H26IN5O4S. The van der Waals surface area contributed by atoms with E-state index >= 15 is 0 Å². The lowest BCUT2D eigenvalue weighted by atomic mass is 10.2. The summed E-state index contributed by atoms with van der Waals surface area (Å²) < 4.78 is 23.0. The van der Waals surface area contributed by atoms with E-state index in [4.69, 9.17) is 0 Å². The standard InChI is InChI=1S/C15H25N5O4S.HI/c1-11(2)10-19-15(16-3)18-8-7-17-13-6-5-12(25(4,23)24)9-14(13)20(21)22;/h5-6,9,11,17H,7-8,10H2,1-4H3,(H2,16,18,19);1H. The van der Waals surface area contributed by atoms with Crippen LogP contribution in [-0.4, -0.2) is 52.2 Å². The molecule has 1 aromatic carbocycles. The van der Waals surface area contributed by atoms with Crippen molar-refractivity contribution in [2.75, 3.05) is 38.3 Å². The minimum Gasteiger partial charge on any atom is -0.378 e. The first-order chi connectivity index (χ1) is 11.6. The predicted octanol–water partition coefficient (Wildman–Crippen LogP) is 1.85. The summed E-state index contributed by atoms with van der Waals surface area (Å²) in [7, 11) is -1.83. The number of rotatable bonds is 8. The van der Waals surface area contributed by atoms with Gasteiger partial charge in [0.05, 0.1) is 9.82 Å². The van der Waals surface area contributed by atoms with Gasteiger partial charge in [0.15, 0.2) is 15.8 Å². The van der Waals surface area contributed by atoms with E-state index in [0.717, 1.165) is 18.9 Å². The molecule has 0 amide bonds. The molecule has 1 aromatic rings. The fraction of sp³-hybridized carbons (Fsp3) is 0.533. The number of halogens is 1. The molecular weight excluding hydrogens is 473 g/mol. The van der Waals surface area contributed by atoms with Crippen molar-refractivity contribution >= 4 is 51.1 Å². The number of aliphatic imine (C=N–C) groups is 1. The number of sulfone groups is 1. The van der Waals surface area contributed by atoms with Gasteiger partial charge < -0.3 is 16.0 Å². The van der Waals surface area contributed by atoms with Crippen LogP contribution < -0.4 is 16.0 Å². The lowest BCUT2D eigenvalue weighted by Gasteiger charge is -2.14. The highest BCUT2D eigenvalue weighted by Gasteiger charge is 2.18. The van der Waals surface area contributed by atoms with Crippen molar-refractivity contribution in [1.82, 2.24) is 10.6 Å². The Morgan fingerprint density at radius 3 is 2.42 bits per heavy atom. The lowest BCUT2D eigenvalue weighted by molar-refractivity contribution is -0.384. The molecule has 3 N–H and O–H groups in total. The maximum Gasteiger partial charge on any atom is 0.293 e. The first-order valence-electron chi connectivity index (χ1n) is 7.82. The second-order valence-corrected chi connectivity index (χ2v) is 7.92. The van der Waals surface area contributed by atoms with Crippen molar-refractivity contribution in [3.8, 4) is 0 Å². The van der Waals surface area contributed by atoms with Crippen LogP contribution in [0.3, 0.4) is 0 Å². The minimum absolute atomic E-state index is 0. The van der Waals surface area contributed by atoms with Crippen molar-refractivity contribution < 1.29 is 13.3 Å². The third-order valence-electron chi connectivity index (χ3n) is 3.23. The van der Waals surface area contributed by atoms with Gasteiger partial charge in [-0.05, 0) is 18.1 Å². The van der Waals surface area contributed by atoms with Crippen LogP contribution in [0.25, 0.3) is 0 Å². The van der Waals surface area contributed by atoms with E-state index in [9.17, 15) is 18.5 Å². The van der Waals surface area contributed by atoms with Gasteiger partial charge in [-0.3, -0.25) is 15.1 Å². The Morgan fingerprint density at radius 2 is 1.92 bits per heavy atom. The van der Waals surface area contributed by atoms with Gasteiger partial charge in [-0.2, -0.15) is 0 Å². The molecule has 11 heteroatoms. The number of hydrogen-bond donors (Lipinski definition) is 3. The average molecular weight is 499 g/mol. The van der Waals surface area contributed by atoms with Crippen LogP contribution in [0.1, 0.15) is 13.8 Å². The highest BCUT2D eigenvalue weighted by Crippen LogP contribution is 2.27. The number of guanidine groups is 1. The zero-order valence-corrected chi connectivity index (χ0v) is 18.4. The highest BCUT2D eigenvalue weighted by atomic mass is 127. The Hall–Kier alpha value is -1.63. The van der Waals surface area contributed by atoms with E-state index in [1.54, 1.807) is 7.05 Å². The molecule has 0 atom stereocenters. The summed E-state index contributed by atoms with van der Waals surface area (Å²) in [6.07, 6.45) is 1.01. The number of nitrogens with one attached hydrogen (secondary N) is 3. The summed E-state index contributed by atoms with van der Waals surface area (Å²) in [6, 6.07) is 3.82. The Balaban J connectivity index is 0.00000625. The summed E-state index contributed by atoms with van der Waals surface area (Å²) >= 11 is 0. The number of hydrogen-bond acceptors (Lipinski definition) is 6. The lowest BCUT2D eigenvalue weighted by Crippen LogP contribution is -2.41. The summed E-state index contributed by atoms with van der Waals surface area (Å²) in [5, 5.41) is 20.3. The molecule has 0 saturated heterocycles. The van der Waals surface area contributed by atoms with E-state index in [2.05, 4.69) is 34.8 Å². The Bertz CT molecular complexity index is 738. The van der Waals surface area contributed by atoms with Gasteiger partial charge in [0, 0.05) is 39.0 Å². The molecule has 9 nitrogen and oxygen atoms in total. The van der Waals surface area contributed by atoms with Gasteiger partial charge in [0.2, 0.25) is 0 Å². The van der Waals surface area contributed by atoms with Crippen LogP contribution in [0, 0.1) is 16.0 Å². The number of nitro groups is 1. The van der Waals surface area contributed by atoms with Gasteiger partial charge in [0.1, 0.15) is 5.69 Å². The van der Waals surface area contributed by atoms with E-state index in [-0.39, 0.29) is 40.2 Å². The van der Waals surface area contributed by atoms with Crippen LogP contribution >= 0.6 is 24.0 Å². The molecule has 26 heavy (non-hydrogen) atoms. The van der Waals surface area contributed by atoms with E-state index < -0.39 is 14.8 Å². The highest BCUT2D eigenvalue weighted by molar-refractivity contribution is 14.0. The monoisotopic (exact) mass is 499 g/mol. The van der Waals surface area contributed by atoms with Crippen LogP contribution in [0.5, 0.6) is 0 Å². The Labute approximate surface area is 171 Å². The second kappa shape index (κ2) is 11.2. The van der Waals surface area contributed by atoms with Crippen LogP contribution in [0.2, 0.25) is 0 Å². The molecule has 148 valence electrons. The SMILES string of the molecule is CN=C(NCCNc1ccc(S(C)(=O)=O)cc1[N+](=O)[O-])NCC(C)C.I. The van der Waals surface area contributed by atoms with Gasteiger partial charge in [-0.1, -0.05) is 13.8 Å². The summed E-state index contributed by atoms with van der Waals surface area (Å²) in [5.41, 5.74) is -0.00503. The molecule has 0 unspecified atom stereocenters. The van der Waals surface area contributed by atoms with Gasteiger partial charge in [-0.15, -0.1) is 24.0 Å². The van der Waals surface area contributed by atoms with Gasteiger partial charge in [0.25, 0.3) is 5.69 Å². The fourth-order valence-corrected chi connectivity index (χ4v) is 2.58. The first-order valence-corrected chi connectivity index (χ1v) is 9.71. The van der Waals surface area contributed by atoms with Crippen LogP contribution in [-0.2, 0) is 9.84 Å². The molecule has 0 radical (unpaired) electrons. The number of nitro benzene ring substituents is 1.